The number of hydrogen-bond acceptors (Lipinski definition) is 3. The Morgan fingerprint density at radius 1 is 1.19 bits per heavy atom. The van der Waals surface area contributed by atoms with Crippen molar-refractivity contribution in [3.63, 3.8) is 0 Å². The van der Waals surface area contributed by atoms with Gasteiger partial charge in [0.15, 0.2) is 12.4 Å². The molecule has 27 heavy (non-hydrogen) atoms. The van der Waals surface area contributed by atoms with Crippen molar-refractivity contribution >= 4 is 5.91 Å². The van der Waals surface area contributed by atoms with Gasteiger partial charge in [-0.2, -0.15) is 4.73 Å². The van der Waals surface area contributed by atoms with E-state index in [2.05, 4.69) is 36.1 Å². The highest BCUT2D eigenvalue weighted by Crippen LogP contribution is 2.39. The minimum atomic E-state index is -0.0205. The average molecular weight is 365 g/mol. The molecule has 2 aromatic rings. The highest BCUT2D eigenvalue weighted by atomic mass is 16.5. The molecule has 4 rings (SSSR count). The molecule has 0 bridgehead atoms. The summed E-state index contributed by atoms with van der Waals surface area (Å²) >= 11 is 0. The van der Waals surface area contributed by atoms with E-state index in [1.54, 1.807) is 12.1 Å². The van der Waals surface area contributed by atoms with E-state index in [1.165, 1.54) is 36.4 Å². The molecule has 2 aliphatic heterocycles. The van der Waals surface area contributed by atoms with Crippen molar-refractivity contribution in [1.82, 2.24) is 9.80 Å². The number of carbonyl (C=O) groups excluding carboxylic acids is 1. The van der Waals surface area contributed by atoms with Crippen LogP contribution in [0, 0.1) is 17.5 Å². The summed E-state index contributed by atoms with van der Waals surface area (Å²) in [6.45, 7) is 6.86. The Morgan fingerprint density at radius 2 is 2.07 bits per heavy atom. The van der Waals surface area contributed by atoms with E-state index in [-0.39, 0.29) is 11.3 Å². The molecular weight excluding hydrogens is 338 g/mol. The van der Waals surface area contributed by atoms with Gasteiger partial charge in [0.2, 0.25) is 0 Å². The van der Waals surface area contributed by atoms with Crippen molar-refractivity contribution in [2.45, 2.75) is 32.7 Å². The third kappa shape index (κ3) is 3.98. The lowest BCUT2D eigenvalue weighted by Gasteiger charge is -2.40. The topological polar surface area (TPSA) is 50.5 Å². The first kappa shape index (κ1) is 18.0. The van der Waals surface area contributed by atoms with Gasteiger partial charge in [0.05, 0.1) is 0 Å². The first-order chi connectivity index (χ1) is 13.0. The number of carbonyl (C=O) groups is 1. The lowest BCUT2D eigenvalue weighted by Crippen LogP contribution is -2.45. The lowest BCUT2D eigenvalue weighted by molar-refractivity contribution is -0.605. The summed E-state index contributed by atoms with van der Waals surface area (Å²) in [5.74, 6) is -0.0205. The molecule has 2 fully saturated rings. The fraction of sp³-hybridized carbons (Fsp3) is 0.455. The van der Waals surface area contributed by atoms with Crippen molar-refractivity contribution in [1.29, 1.82) is 0 Å². The molecule has 1 aromatic heterocycles. The molecule has 1 aromatic carbocycles. The van der Waals surface area contributed by atoms with Crippen LogP contribution in [0.4, 0.5) is 0 Å². The molecule has 0 saturated carbocycles. The minimum Gasteiger partial charge on any atom is -0.619 e. The monoisotopic (exact) mass is 365 g/mol. The number of aryl methyl sites for hydroxylation is 1. The highest BCUT2D eigenvalue weighted by molar-refractivity contribution is 5.93. The zero-order chi connectivity index (χ0) is 18.9. The second-order valence-corrected chi connectivity index (χ2v) is 8.23. The summed E-state index contributed by atoms with van der Waals surface area (Å²) in [7, 11) is 0. The first-order valence-electron chi connectivity index (χ1n) is 9.79. The fourth-order valence-electron chi connectivity index (χ4n) is 4.72. The zero-order valence-electron chi connectivity index (χ0n) is 15.9. The average Bonchev–Trinajstić information content (AvgIpc) is 3.04. The second kappa shape index (κ2) is 7.31. The van der Waals surface area contributed by atoms with Crippen molar-refractivity contribution in [3.05, 3.63) is 70.7 Å². The summed E-state index contributed by atoms with van der Waals surface area (Å²) < 4.78 is 0.698. The molecule has 0 aliphatic carbocycles. The van der Waals surface area contributed by atoms with Gasteiger partial charge in [0, 0.05) is 37.7 Å². The van der Waals surface area contributed by atoms with Crippen LogP contribution in [0.3, 0.4) is 0 Å². The second-order valence-electron chi connectivity index (χ2n) is 8.23. The maximum atomic E-state index is 12.8. The van der Waals surface area contributed by atoms with Crippen LogP contribution < -0.4 is 4.73 Å². The van der Waals surface area contributed by atoms with Crippen LogP contribution in [0.25, 0.3) is 0 Å². The summed E-state index contributed by atoms with van der Waals surface area (Å²) in [5.41, 5.74) is 3.34. The van der Waals surface area contributed by atoms with Crippen LogP contribution in [0.5, 0.6) is 0 Å². The molecule has 1 amide bonds. The number of amides is 1. The van der Waals surface area contributed by atoms with Gasteiger partial charge < -0.3 is 10.1 Å². The van der Waals surface area contributed by atoms with Gasteiger partial charge in [0.25, 0.3) is 5.91 Å². The van der Waals surface area contributed by atoms with Crippen LogP contribution >= 0.6 is 0 Å². The van der Waals surface area contributed by atoms with Crippen molar-refractivity contribution < 1.29 is 9.52 Å². The molecule has 142 valence electrons. The molecule has 1 unspecified atom stereocenters. The lowest BCUT2D eigenvalue weighted by atomic mass is 9.79. The van der Waals surface area contributed by atoms with E-state index in [9.17, 15) is 10.0 Å². The van der Waals surface area contributed by atoms with Crippen LogP contribution in [-0.4, -0.2) is 41.9 Å². The Kier molecular flexibility index (Phi) is 4.87. The van der Waals surface area contributed by atoms with E-state index in [1.807, 2.05) is 4.90 Å². The quantitative estimate of drug-likeness (QED) is 0.621. The number of rotatable bonds is 3. The zero-order valence-corrected chi connectivity index (χ0v) is 15.9. The summed E-state index contributed by atoms with van der Waals surface area (Å²) in [6.07, 6.45) is 6.19. The first-order valence-corrected chi connectivity index (χ1v) is 9.79. The standard InChI is InChI=1S/C22H27N3O2/c1-18-5-2-6-19(13-18)14-23-10-4-8-22(16-23)9-12-24(17-22)21(26)20-7-3-11-25(27)15-20/h2-3,5-7,11,13,15H,4,8-10,12,14,16-17H2,1H3. The van der Waals surface area contributed by atoms with Gasteiger partial charge in [-0.15, -0.1) is 0 Å². The molecule has 5 heteroatoms. The van der Waals surface area contributed by atoms with E-state index in [4.69, 9.17) is 0 Å². The molecule has 0 N–H and O–H groups in total. The Morgan fingerprint density at radius 3 is 2.89 bits per heavy atom. The number of likely N-dealkylation sites (tertiary alicyclic amines) is 2. The Bertz CT molecular complexity index is 838. The number of pyridine rings is 1. The van der Waals surface area contributed by atoms with Crippen molar-refractivity contribution in [2.24, 2.45) is 5.41 Å². The molecule has 3 heterocycles. The maximum Gasteiger partial charge on any atom is 0.259 e. The Labute approximate surface area is 160 Å². The van der Waals surface area contributed by atoms with E-state index in [0.29, 0.717) is 10.3 Å². The number of nitrogens with zero attached hydrogens (tertiary/aromatic N) is 3. The van der Waals surface area contributed by atoms with Crippen LogP contribution in [-0.2, 0) is 6.54 Å². The number of piperidine rings is 1. The molecule has 5 nitrogen and oxygen atoms in total. The number of benzene rings is 1. The molecule has 2 saturated heterocycles. The molecule has 2 aliphatic rings. The fourth-order valence-corrected chi connectivity index (χ4v) is 4.72. The van der Waals surface area contributed by atoms with Gasteiger partial charge in [-0.3, -0.25) is 9.69 Å². The maximum absolute atomic E-state index is 12.8. The van der Waals surface area contributed by atoms with Gasteiger partial charge in [-0.1, -0.05) is 29.8 Å². The highest BCUT2D eigenvalue weighted by Gasteiger charge is 2.43. The smallest absolute Gasteiger partial charge is 0.259 e. The van der Waals surface area contributed by atoms with Crippen LogP contribution in [0.1, 0.15) is 40.7 Å². The largest absolute Gasteiger partial charge is 0.619 e. The van der Waals surface area contributed by atoms with E-state index in [0.717, 1.165) is 39.1 Å². The van der Waals surface area contributed by atoms with Crippen molar-refractivity contribution in [2.75, 3.05) is 26.2 Å². The molecule has 1 spiro atoms. The van der Waals surface area contributed by atoms with Gasteiger partial charge >= 0.3 is 0 Å². The summed E-state index contributed by atoms with van der Waals surface area (Å²) in [5, 5.41) is 11.5. The normalized spacial score (nSPS) is 23.1. The molecule has 0 radical (unpaired) electrons. The third-order valence-electron chi connectivity index (χ3n) is 5.98. The minimum absolute atomic E-state index is 0.0205. The SMILES string of the molecule is Cc1cccc(CN2CCCC3(CCN(C(=O)c4ccc[n+]([O-])c4)C3)C2)c1. The Hall–Kier alpha value is -2.40. The third-order valence-corrected chi connectivity index (χ3v) is 5.98. The predicted octanol–water partition coefficient (Wildman–Crippen LogP) is 2.76. The Balaban J connectivity index is 1.42. The van der Waals surface area contributed by atoms with E-state index < -0.39 is 0 Å². The number of hydrogen-bond donors (Lipinski definition) is 0. The molecular formula is C22H27N3O2. The predicted molar refractivity (Wildman–Crippen MR) is 104 cm³/mol. The van der Waals surface area contributed by atoms with E-state index >= 15 is 0 Å². The van der Waals surface area contributed by atoms with Crippen LogP contribution in [0.2, 0.25) is 0 Å². The number of aromatic nitrogens is 1. The van der Waals surface area contributed by atoms with Gasteiger partial charge in [-0.25, -0.2) is 0 Å². The summed E-state index contributed by atoms with van der Waals surface area (Å²) in [6, 6.07) is 12.1. The van der Waals surface area contributed by atoms with Crippen LogP contribution in [0.15, 0.2) is 48.8 Å². The summed E-state index contributed by atoms with van der Waals surface area (Å²) in [4.78, 5) is 17.3. The van der Waals surface area contributed by atoms with Gasteiger partial charge in [-0.05, 0) is 44.4 Å². The van der Waals surface area contributed by atoms with Crippen molar-refractivity contribution in [3.8, 4) is 0 Å². The van der Waals surface area contributed by atoms with Gasteiger partial charge in [0.1, 0.15) is 5.56 Å². The molecule has 1 atom stereocenters.